The third-order valence-corrected chi connectivity index (χ3v) is 3.96. The molecule has 0 saturated carbocycles. The van der Waals surface area contributed by atoms with Gasteiger partial charge in [0, 0.05) is 25.6 Å². The largest absolute Gasteiger partial charge is 0.475 e. The summed E-state index contributed by atoms with van der Waals surface area (Å²) in [7, 11) is -3.90. The Balaban J connectivity index is 2.74. The Morgan fingerprint density at radius 2 is 2.05 bits per heavy atom. The highest BCUT2D eigenvalue weighted by Crippen LogP contribution is 2.19. The molecule has 3 N–H and O–H groups in total. The van der Waals surface area contributed by atoms with Crippen molar-refractivity contribution in [2.75, 3.05) is 13.1 Å². The number of amides is 1. The molecule has 0 spiro atoms. The number of carboxylic acids is 1. The molecule has 0 fully saturated rings. The fourth-order valence-corrected chi connectivity index (χ4v) is 2.71. The maximum atomic E-state index is 11.9. The molecular weight excluding hydrogens is 288 g/mol. The number of rotatable bonds is 7. The van der Waals surface area contributed by atoms with Crippen molar-refractivity contribution in [1.29, 1.82) is 0 Å². The summed E-state index contributed by atoms with van der Waals surface area (Å²) in [5.41, 5.74) is 0. The third-order valence-electron chi connectivity index (χ3n) is 2.39. The highest BCUT2D eigenvalue weighted by atomic mass is 32.2. The molecule has 0 bridgehead atoms. The Bertz CT molecular complexity index is 604. The summed E-state index contributed by atoms with van der Waals surface area (Å²) in [4.78, 5) is 21.6. The van der Waals surface area contributed by atoms with Gasteiger partial charge in [-0.15, -0.1) is 0 Å². The summed E-state index contributed by atoms with van der Waals surface area (Å²) >= 11 is 0. The second kappa shape index (κ2) is 6.53. The normalized spacial score (nSPS) is 11.3. The number of aromatic carboxylic acids is 1. The van der Waals surface area contributed by atoms with Crippen molar-refractivity contribution in [2.24, 2.45) is 0 Å². The average molecular weight is 304 g/mol. The molecule has 0 radical (unpaired) electrons. The minimum absolute atomic E-state index is 0.00421. The number of hydrogen-bond donors (Lipinski definition) is 3. The van der Waals surface area contributed by atoms with Crippen molar-refractivity contribution in [3.05, 3.63) is 17.6 Å². The number of carboxylic acid groups (broad SMARTS) is 1. The molecule has 9 heteroatoms. The first-order chi connectivity index (χ1) is 9.27. The van der Waals surface area contributed by atoms with Crippen LogP contribution in [0.3, 0.4) is 0 Å². The van der Waals surface area contributed by atoms with Gasteiger partial charge in [-0.1, -0.05) is 0 Å². The molecule has 0 aromatic carbocycles. The van der Waals surface area contributed by atoms with E-state index in [0.29, 0.717) is 6.54 Å². The Morgan fingerprint density at radius 3 is 2.55 bits per heavy atom. The summed E-state index contributed by atoms with van der Waals surface area (Å²) in [6.07, 6.45) is -0.00421. The number of carbonyl (C=O) groups is 2. The molecule has 1 aromatic heterocycles. The van der Waals surface area contributed by atoms with Gasteiger partial charge in [0.25, 0.3) is 0 Å². The smallest absolute Gasteiger partial charge is 0.371 e. The van der Waals surface area contributed by atoms with Gasteiger partial charge in [0.15, 0.2) is 0 Å². The fraction of sp³-hybridized carbons (Fsp3) is 0.455. The third kappa shape index (κ3) is 4.07. The van der Waals surface area contributed by atoms with Gasteiger partial charge in [-0.3, -0.25) is 4.79 Å². The lowest BCUT2D eigenvalue weighted by molar-refractivity contribution is -0.120. The van der Waals surface area contributed by atoms with Gasteiger partial charge in [0.1, 0.15) is 10.7 Å². The van der Waals surface area contributed by atoms with Crippen LogP contribution in [0.2, 0.25) is 0 Å². The minimum Gasteiger partial charge on any atom is -0.475 e. The van der Waals surface area contributed by atoms with E-state index in [1.54, 1.807) is 6.92 Å². The van der Waals surface area contributed by atoms with E-state index >= 15 is 0 Å². The average Bonchev–Trinajstić information content (AvgIpc) is 2.72. The molecule has 8 nitrogen and oxygen atoms in total. The fourth-order valence-electron chi connectivity index (χ4n) is 1.50. The molecule has 1 amide bonds. The SMILES string of the molecule is CCNC(=O)CCNS(=O)(=O)c1cc(C(=O)O)oc1C. The van der Waals surface area contributed by atoms with Gasteiger partial charge < -0.3 is 14.8 Å². The first-order valence-electron chi connectivity index (χ1n) is 5.88. The maximum absolute atomic E-state index is 11.9. The highest BCUT2D eigenvalue weighted by molar-refractivity contribution is 7.89. The zero-order valence-corrected chi connectivity index (χ0v) is 11.9. The van der Waals surface area contributed by atoms with Crippen LogP contribution in [-0.2, 0) is 14.8 Å². The van der Waals surface area contributed by atoms with E-state index in [4.69, 9.17) is 9.52 Å². The number of furan rings is 1. The minimum atomic E-state index is -3.90. The van der Waals surface area contributed by atoms with Crippen LogP contribution in [0.5, 0.6) is 0 Å². The second-order valence-corrected chi connectivity index (χ2v) is 5.67. The van der Waals surface area contributed by atoms with E-state index in [2.05, 4.69) is 10.0 Å². The van der Waals surface area contributed by atoms with E-state index in [0.717, 1.165) is 6.07 Å². The molecule has 0 unspecified atom stereocenters. The lowest BCUT2D eigenvalue weighted by Gasteiger charge is -2.05. The van der Waals surface area contributed by atoms with Gasteiger partial charge in [0.2, 0.25) is 21.7 Å². The summed E-state index contributed by atoms with van der Waals surface area (Å²) in [5.74, 6) is -2.10. The zero-order chi connectivity index (χ0) is 15.3. The van der Waals surface area contributed by atoms with Crippen molar-refractivity contribution in [3.63, 3.8) is 0 Å². The zero-order valence-electron chi connectivity index (χ0n) is 11.1. The summed E-state index contributed by atoms with van der Waals surface area (Å²) in [6.45, 7) is 3.49. The van der Waals surface area contributed by atoms with Crippen LogP contribution in [-0.4, -0.2) is 38.5 Å². The van der Waals surface area contributed by atoms with Crippen molar-refractivity contribution in [1.82, 2.24) is 10.0 Å². The first-order valence-corrected chi connectivity index (χ1v) is 7.36. The Hall–Kier alpha value is -1.87. The predicted octanol–water partition coefficient (Wildman–Crippen LogP) is 0.0907. The summed E-state index contributed by atoms with van der Waals surface area (Å²) in [6, 6.07) is 0.937. The second-order valence-electron chi connectivity index (χ2n) is 3.94. The summed E-state index contributed by atoms with van der Waals surface area (Å²) < 4.78 is 30.9. The Kier molecular flexibility index (Phi) is 5.28. The van der Waals surface area contributed by atoms with Crippen molar-refractivity contribution >= 4 is 21.9 Å². The Morgan fingerprint density at radius 1 is 1.40 bits per heavy atom. The van der Waals surface area contributed by atoms with Crippen molar-refractivity contribution in [2.45, 2.75) is 25.2 Å². The van der Waals surface area contributed by atoms with Crippen molar-refractivity contribution in [3.8, 4) is 0 Å². The molecule has 0 aliphatic heterocycles. The molecule has 20 heavy (non-hydrogen) atoms. The lowest BCUT2D eigenvalue weighted by Crippen LogP contribution is -2.30. The van der Waals surface area contributed by atoms with E-state index in [1.165, 1.54) is 6.92 Å². The molecule has 112 valence electrons. The molecule has 0 saturated heterocycles. The molecule has 0 atom stereocenters. The molecule has 1 heterocycles. The van der Waals surface area contributed by atoms with Gasteiger partial charge >= 0.3 is 5.97 Å². The topological polar surface area (TPSA) is 126 Å². The van der Waals surface area contributed by atoms with Crippen LogP contribution in [0, 0.1) is 6.92 Å². The van der Waals surface area contributed by atoms with Gasteiger partial charge in [-0.25, -0.2) is 17.9 Å². The monoisotopic (exact) mass is 304 g/mol. The van der Waals surface area contributed by atoms with Crippen LogP contribution >= 0.6 is 0 Å². The first kappa shape index (κ1) is 16.2. The highest BCUT2D eigenvalue weighted by Gasteiger charge is 2.23. The standard InChI is InChI=1S/C11H16N2O6S/c1-3-12-10(14)4-5-13-20(17,18)9-6-8(11(15)16)19-7(9)2/h6,13H,3-5H2,1-2H3,(H,12,14)(H,15,16). The number of carbonyl (C=O) groups excluding carboxylic acids is 1. The predicted molar refractivity (Wildman–Crippen MR) is 68.9 cm³/mol. The number of nitrogens with one attached hydrogen (secondary N) is 2. The molecule has 0 aliphatic carbocycles. The molecule has 1 rings (SSSR count). The Labute approximate surface area is 116 Å². The van der Waals surface area contributed by atoms with Crippen LogP contribution in [0.1, 0.15) is 29.7 Å². The van der Waals surface area contributed by atoms with Gasteiger partial charge in [-0.2, -0.15) is 0 Å². The number of sulfonamides is 1. The van der Waals surface area contributed by atoms with Crippen LogP contribution in [0.15, 0.2) is 15.4 Å². The van der Waals surface area contributed by atoms with Crippen LogP contribution in [0.25, 0.3) is 0 Å². The van der Waals surface area contributed by atoms with E-state index in [9.17, 15) is 18.0 Å². The maximum Gasteiger partial charge on any atom is 0.371 e. The van der Waals surface area contributed by atoms with E-state index in [-0.39, 0.29) is 29.5 Å². The van der Waals surface area contributed by atoms with Gasteiger partial charge in [0.05, 0.1) is 0 Å². The van der Waals surface area contributed by atoms with Crippen molar-refractivity contribution < 1.29 is 27.5 Å². The lowest BCUT2D eigenvalue weighted by atomic mass is 10.4. The molecule has 1 aromatic rings. The number of aryl methyl sites for hydroxylation is 1. The molecule has 0 aliphatic rings. The summed E-state index contributed by atoms with van der Waals surface area (Å²) in [5, 5.41) is 11.3. The number of hydrogen-bond acceptors (Lipinski definition) is 5. The van der Waals surface area contributed by atoms with Crippen LogP contribution < -0.4 is 10.0 Å². The molecular formula is C11H16N2O6S. The van der Waals surface area contributed by atoms with Crippen LogP contribution in [0.4, 0.5) is 0 Å². The quantitative estimate of drug-likeness (QED) is 0.655. The van der Waals surface area contributed by atoms with E-state index in [1.807, 2.05) is 0 Å². The van der Waals surface area contributed by atoms with E-state index < -0.39 is 21.8 Å². The van der Waals surface area contributed by atoms with Gasteiger partial charge in [-0.05, 0) is 13.8 Å².